The fourth-order valence-electron chi connectivity index (χ4n) is 3.91. The predicted molar refractivity (Wildman–Crippen MR) is 125 cm³/mol. The number of imidazole rings is 1. The van der Waals surface area contributed by atoms with Crippen molar-refractivity contribution in [1.82, 2.24) is 39.3 Å². The Morgan fingerprint density at radius 1 is 1.14 bits per heavy atom. The van der Waals surface area contributed by atoms with Crippen molar-refractivity contribution in [2.45, 2.75) is 33.4 Å². The van der Waals surface area contributed by atoms with E-state index in [1.54, 1.807) is 35.3 Å². The number of aliphatic hydroxyl groups is 1. The molecule has 0 aliphatic heterocycles. The monoisotopic (exact) mass is 473 g/mol. The third-order valence-electron chi connectivity index (χ3n) is 5.71. The molecule has 1 aromatic carbocycles. The van der Waals surface area contributed by atoms with Crippen LogP contribution in [-0.2, 0) is 19.6 Å². The smallest absolute Gasteiger partial charge is 0.285 e. The van der Waals surface area contributed by atoms with E-state index in [4.69, 9.17) is 5.73 Å². The number of carbonyl (C=O) groups is 1. The van der Waals surface area contributed by atoms with Crippen molar-refractivity contribution in [2.24, 2.45) is 5.73 Å². The number of nitrogens with zero attached hydrogens (tertiary/aromatic N) is 7. The maximum absolute atomic E-state index is 11.9. The van der Waals surface area contributed by atoms with E-state index in [0.29, 0.717) is 47.1 Å². The van der Waals surface area contributed by atoms with Crippen molar-refractivity contribution in [3.05, 3.63) is 65.0 Å². The van der Waals surface area contributed by atoms with Gasteiger partial charge in [0, 0.05) is 12.7 Å². The fraction of sp³-hybridized carbons (Fsp3) is 0.217. The summed E-state index contributed by atoms with van der Waals surface area (Å²) in [5.41, 5.74) is 9.81. The average Bonchev–Trinajstić information content (AvgIpc) is 3.54. The lowest BCUT2D eigenvalue weighted by atomic mass is 10.1. The molecule has 0 aliphatic rings. The number of aromatic nitrogens is 8. The lowest BCUT2D eigenvalue weighted by Crippen LogP contribution is -2.15. The quantitative estimate of drug-likeness (QED) is 0.275. The number of aryl methyl sites for hydroxylation is 4. The molecule has 0 atom stereocenters. The van der Waals surface area contributed by atoms with E-state index in [1.807, 2.05) is 24.3 Å². The lowest BCUT2D eigenvalue weighted by molar-refractivity contribution is 0.0990. The summed E-state index contributed by atoms with van der Waals surface area (Å²) < 4.78 is 3.22. The van der Waals surface area contributed by atoms with Gasteiger partial charge in [-0.3, -0.25) is 24.0 Å². The minimum atomic E-state index is -0.685. The molecule has 0 radical (unpaired) electrons. The molecule has 5 rings (SSSR count). The topological polar surface area (TPSA) is 173 Å². The van der Waals surface area contributed by atoms with Gasteiger partial charge < -0.3 is 15.9 Å². The number of nitrogens with two attached hydrogens (primary N) is 1. The molecule has 4 aromatic heterocycles. The molecule has 0 bridgehead atoms. The predicted octanol–water partition coefficient (Wildman–Crippen LogP) is 1.53. The van der Waals surface area contributed by atoms with E-state index in [0.717, 1.165) is 11.1 Å². The van der Waals surface area contributed by atoms with E-state index in [1.165, 1.54) is 0 Å². The van der Waals surface area contributed by atoms with Gasteiger partial charge in [0.1, 0.15) is 17.1 Å². The first-order chi connectivity index (χ1) is 16.9. The molecule has 0 saturated heterocycles. The van der Waals surface area contributed by atoms with Crippen LogP contribution in [0.4, 0.5) is 0 Å². The maximum atomic E-state index is 11.9. The number of rotatable bonds is 7. The van der Waals surface area contributed by atoms with Crippen LogP contribution in [0.25, 0.3) is 28.6 Å². The van der Waals surface area contributed by atoms with Crippen molar-refractivity contribution in [1.29, 1.82) is 0 Å². The number of nitrogens with one attached hydrogen (secondary N) is 1. The van der Waals surface area contributed by atoms with E-state index in [-0.39, 0.29) is 24.0 Å². The van der Waals surface area contributed by atoms with Gasteiger partial charge in [-0.15, -0.1) is 0 Å². The van der Waals surface area contributed by atoms with Gasteiger partial charge in [-0.2, -0.15) is 10.2 Å². The number of aliphatic hydroxyl groups excluding tert-OH is 1. The van der Waals surface area contributed by atoms with Crippen LogP contribution in [0.2, 0.25) is 0 Å². The van der Waals surface area contributed by atoms with Gasteiger partial charge in [-0.05, 0) is 31.4 Å². The minimum Gasteiger partial charge on any atom is -0.504 e. The first-order valence-corrected chi connectivity index (χ1v) is 10.9. The zero-order valence-corrected chi connectivity index (χ0v) is 19.1. The van der Waals surface area contributed by atoms with Crippen LogP contribution in [0.1, 0.15) is 33.1 Å². The molecule has 0 unspecified atom stereocenters. The van der Waals surface area contributed by atoms with Gasteiger partial charge >= 0.3 is 0 Å². The summed E-state index contributed by atoms with van der Waals surface area (Å²) in [6.07, 6.45) is 3.90. The highest BCUT2D eigenvalue weighted by molar-refractivity contribution is 5.92. The Balaban J connectivity index is 1.50. The second-order valence-electron chi connectivity index (χ2n) is 8.17. The normalized spacial score (nSPS) is 11.4. The van der Waals surface area contributed by atoms with Crippen molar-refractivity contribution in [3.63, 3.8) is 0 Å². The van der Waals surface area contributed by atoms with Crippen LogP contribution in [0, 0.1) is 13.8 Å². The van der Waals surface area contributed by atoms with Crippen LogP contribution in [0.5, 0.6) is 5.75 Å². The number of benzene rings is 1. The number of aromatic hydroxyl groups is 1. The van der Waals surface area contributed by atoms with E-state index < -0.39 is 5.91 Å². The number of fused-ring (bicyclic) bond motifs is 1. The molecule has 35 heavy (non-hydrogen) atoms. The van der Waals surface area contributed by atoms with Gasteiger partial charge in [0.05, 0.1) is 24.0 Å². The Morgan fingerprint density at radius 2 is 1.89 bits per heavy atom. The molecule has 178 valence electrons. The van der Waals surface area contributed by atoms with Crippen LogP contribution >= 0.6 is 0 Å². The third-order valence-corrected chi connectivity index (χ3v) is 5.71. The number of hydrogen-bond donors (Lipinski definition) is 4. The standard InChI is InChI=1S/C23H23N9O3/c1-12-10-31-16(9-25-12)17(26-23(31)20(24)35)21-27-22(29-28-21)18-19(34)13(2)30-32(18)8-7-14-3-5-15(11-33)6-4-14/h3-6,9-10,33-34H,7-8,11H2,1-2H3,(H2,24,35)(H,27,28,29). The number of aromatic amines is 1. The van der Waals surface area contributed by atoms with Gasteiger partial charge in [0.15, 0.2) is 11.6 Å². The molecule has 0 aliphatic carbocycles. The maximum Gasteiger partial charge on any atom is 0.285 e. The summed E-state index contributed by atoms with van der Waals surface area (Å²) in [4.78, 5) is 25.1. The highest BCUT2D eigenvalue weighted by atomic mass is 16.3. The number of primary amides is 1. The van der Waals surface area contributed by atoms with Crippen molar-refractivity contribution < 1.29 is 15.0 Å². The molecular formula is C23H23N9O3. The van der Waals surface area contributed by atoms with Gasteiger partial charge in [-0.1, -0.05) is 24.3 Å². The second-order valence-corrected chi connectivity index (χ2v) is 8.17. The molecule has 0 saturated carbocycles. The highest BCUT2D eigenvalue weighted by Gasteiger charge is 2.24. The Labute approximate surface area is 199 Å². The van der Waals surface area contributed by atoms with Crippen molar-refractivity contribution >= 4 is 11.4 Å². The first-order valence-electron chi connectivity index (χ1n) is 10.9. The second kappa shape index (κ2) is 8.65. The number of amides is 1. The summed E-state index contributed by atoms with van der Waals surface area (Å²) in [7, 11) is 0. The van der Waals surface area contributed by atoms with Gasteiger partial charge in [-0.25, -0.2) is 9.97 Å². The first kappa shape index (κ1) is 22.2. The van der Waals surface area contributed by atoms with Crippen LogP contribution in [0.15, 0.2) is 36.7 Å². The Bertz CT molecular complexity index is 1550. The van der Waals surface area contributed by atoms with Crippen molar-refractivity contribution in [3.8, 4) is 28.8 Å². The third kappa shape index (κ3) is 3.99. The summed E-state index contributed by atoms with van der Waals surface area (Å²) in [5.74, 6) is -0.129. The Morgan fingerprint density at radius 3 is 2.60 bits per heavy atom. The lowest BCUT2D eigenvalue weighted by Gasteiger charge is -2.06. The minimum absolute atomic E-state index is 0.00749. The molecule has 1 amide bonds. The summed E-state index contributed by atoms with van der Waals surface area (Å²) in [6, 6.07) is 7.63. The average molecular weight is 473 g/mol. The number of hydrogen-bond acceptors (Lipinski definition) is 8. The zero-order valence-electron chi connectivity index (χ0n) is 19.1. The molecular weight excluding hydrogens is 450 g/mol. The molecule has 0 spiro atoms. The molecule has 5 N–H and O–H groups in total. The highest BCUT2D eigenvalue weighted by Crippen LogP contribution is 2.31. The summed E-state index contributed by atoms with van der Waals surface area (Å²) in [5, 5.41) is 31.5. The largest absolute Gasteiger partial charge is 0.504 e. The van der Waals surface area contributed by atoms with E-state index >= 15 is 0 Å². The summed E-state index contributed by atoms with van der Waals surface area (Å²) >= 11 is 0. The number of carbonyl (C=O) groups excluding carboxylic acids is 1. The fourth-order valence-corrected chi connectivity index (χ4v) is 3.91. The molecule has 0 fully saturated rings. The molecule has 12 heteroatoms. The van der Waals surface area contributed by atoms with E-state index in [9.17, 15) is 15.0 Å². The SMILES string of the molecule is Cc1cn2c(C(N)=O)nc(-c3nc(-c4c(O)c(C)nn4CCc4ccc(CO)cc4)n[nH]3)c2cn1. The molecule has 12 nitrogen and oxygen atoms in total. The Hall–Kier alpha value is -4.58. The van der Waals surface area contributed by atoms with E-state index in [2.05, 4.69) is 30.2 Å². The Kier molecular flexibility index (Phi) is 5.49. The van der Waals surface area contributed by atoms with Gasteiger partial charge in [0.25, 0.3) is 5.91 Å². The molecule has 5 aromatic rings. The van der Waals surface area contributed by atoms with Gasteiger partial charge in [0.2, 0.25) is 11.6 Å². The number of H-pyrrole nitrogens is 1. The van der Waals surface area contributed by atoms with Crippen LogP contribution in [-0.4, -0.2) is 55.5 Å². The van der Waals surface area contributed by atoms with Crippen LogP contribution in [0.3, 0.4) is 0 Å². The van der Waals surface area contributed by atoms with Crippen molar-refractivity contribution in [2.75, 3.05) is 0 Å². The summed E-state index contributed by atoms with van der Waals surface area (Å²) in [6.45, 7) is 3.96. The van der Waals surface area contributed by atoms with Crippen LogP contribution < -0.4 is 5.73 Å². The zero-order chi connectivity index (χ0) is 24.7. The molecule has 4 heterocycles.